The molecule has 0 fully saturated rings. The van der Waals surface area contributed by atoms with E-state index in [-0.39, 0.29) is 57.6 Å². The first-order valence-corrected chi connectivity index (χ1v) is 23.2. The summed E-state index contributed by atoms with van der Waals surface area (Å²) in [7, 11) is 0. The van der Waals surface area contributed by atoms with E-state index in [9.17, 15) is 14.4 Å². The third-order valence-corrected chi connectivity index (χ3v) is 11.9. The third-order valence-electron chi connectivity index (χ3n) is 11.6. The minimum atomic E-state index is -0.611. The molecule has 0 bridgehead atoms. The Bertz CT molecular complexity index is 2750. The van der Waals surface area contributed by atoms with Crippen molar-refractivity contribution >= 4 is 40.9 Å². The lowest BCUT2D eigenvalue weighted by atomic mass is 9.87. The Balaban J connectivity index is 0.000000203. The van der Waals surface area contributed by atoms with Crippen LogP contribution in [0.5, 0.6) is 0 Å². The number of ether oxygens (including phenoxy) is 1. The predicted molar refractivity (Wildman–Crippen MR) is 256 cm³/mol. The van der Waals surface area contributed by atoms with Gasteiger partial charge in [0.05, 0.1) is 34.9 Å². The highest BCUT2D eigenvalue weighted by Crippen LogP contribution is 2.36. The summed E-state index contributed by atoms with van der Waals surface area (Å²) >= 11 is 12.0. The number of carbonyl (C=O) groups excluding carboxylic acids is 3. The Kier molecular flexibility index (Phi) is 14.7. The van der Waals surface area contributed by atoms with Gasteiger partial charge in [-0.1, -0.05) is 34.7 Å². The number of nitrogens with one attached hydrogen (secondary N) is 1. The van der Waals surface area contributed by atoms with Crippen molar-refractivity contribution < 1.29 is 19.1 Å². The standard InChI is InChI=1S/C27H33ClN6O3.C22H25ClN6O/c1-26(2,3)34-16-22(31-32-34)23(35)14-17-10-12-33(25(36)37-27(4,5)6)15-19-13-18(7-8-20(17)19)21-9-11-29-24(28)30-21;1-22(2,3)29-13-19(27-28-29)20(30)11-14-6-8-24-12-16-10-15(4-5-17(14)16)18-7-9-25-21(23)26-18/h7-9,11,13,16-17H,10,12,14-15H2,1-6H3;4-5,7,9-10,13-14,24H,6,8,11-12H2,1-3H3/t17-;14-/m00/s1. The van der Waals surface area contributed by atoms with Gasteiger partial charge in [-0.25, -0.2) is 34.1 Å². The number of ketones is 2. The maximum atomic E-state index is 13.3. The molecule has 2 aliphatic rings. The smallest absolute Gasteiger partial charge is 0.410 e. The van der Waals surface area contributed by atoms with Crippen LogP contribution in [0.2, 0.25) is 10.6 Å². The van der Waals surface area contributed by atoms with Crippen LogP contribution in [0.25, 0.3) is 22.5 Å². The molecule has 67 heavy (non-hydrogen) atoms. The summed E-state index contributed by atoms with van der Waals surface area (Å²) in [4.78, 5) is 57.4. The molecular formula is C49H58Cl2N12O4. The Hall–Kier alpha value is -5.97. The van der Waals surface area contributed by atoms with E-state index < -0.39 is 5.60 Å². The zero-order chi connectivity index (χ0) is 48.3. The molecule has 1 amide bonds. The number of hydrogen-bond donors (Lipinski definition) is 1. The van der Waals surface area contributed by atoms with E-state index in [0.29, 0.717) is 43.0 Å². The zero-order valence-electron chi connectivity index (χ0n) is 39.5. The first kappa shape index (κ1) is 48.9. The Morgan fingerprint density at radius 1 is 0.687 bits per heavy atom. The van der Waals surface area contributed by atoms with Gasteiger partial charge in [-0.3, -0.25) is 9.59 Å². The fourth-order valence-electron chi connectivity index (χ4n) is 8.02. The van der Waals surface area contributed by atoms with E-state index in [1.807, 2.05) is 92.6 Å². The third kappa shape index (κ3) is 12.5. The van der Waals surface area contributed by atoms with Crippen LogP contribution in [-0.4, -0.2) is 91.2 Å². The van der Waals surface area contributed by atoms with Gasteiger partial charge in [-0.2, -0.15) is 0 Å². The molecular weight excluding hydrogens is 892 g/mol. The molecule has 352 valence electrons. The number of carbonyl (C=O) groups is 3. The van der Waals surface area contributed by atoms with Crippen molar-refractivity contribution in [1.29, 1.82) is 0 Å². The van der Waals surface area contributed by atoms with E-state index in [1.54, 1.807) is 45.1 Å². The lowest BCUT2D eigenvalue weighted by Gasteiger charge is -2.26. The SMILES string of the molecule is CC(C)(C)OC(=O)N1CC[C@@H](CC(=O)c2cn(C(C)(C)C)nn2)c2ccc(-c3ccnc(Cl)n3)cc2C1.CC(C)(C)n1cc(C(=O)C[C@@H]2CCNCc3cc(-c4ccnc(Cl)n4)ccc32)nn1. The Morgan fingerprint density at radius 3 is 1.66 bits per heavy atom. The van der Waals surface area contributed by atoms with Crippen molar-refractivity contribution in [2.24, 2.45) is 0 Å². The minimum Gasteiger partial charge on any atom is -0.444 e. The number of fused-ring (bicyclic) bond motifs is 2. The van der Waals surface area contributed by atoms with Gasteiger partial charge < -0.3 is 15.0 Å². The van der Waals surface area contributed by atoms with Crippen molar-refractivity contribution in [1.82, 2.24) is 60.1 Å². The monoisotopic (exact) mass is 948 g/mol. The van der Waals surface area contributed by atoms with Gasteiger partial charge in [0.25, 0.3) is 0 Å². The molecule has 0 aliphatic carbocycles. The molecule has 0 saturated carbocycles. The zero-order valence-corrected chi connectivity index (χ0v) is 41.1. The van der Waals surface area contributed by atoms with Crippen molar-refractivity contribution in [3.8, 4) is 22.5 Å². The first-order valence-electron chi connectivity index (χ1n) is 22.5. The quantitative estimate of drug-likeness (QED) is 0.112. The summed E-state index contributed by atoms with van der Waals surface area (Å²) in [5.74, 6) is -0.0260. The second-order valence-electron chi connectivity index (χ2n) is 20.0. The first-order chi connectivity index (χ1) is 31.6. The molecule has 0 radical (unpaired) electrons. The normalized spacial score (nSPS) is 16.4. The number of halogens is 2. The van der Waals surface area contributed by atoms with E-state index in [4.69, 9.17) is 27.9 Å². The average molecular weight is 950 g/mol. The van der Waals surface area contributed by atoms with Gasteiger partial charge >= 0.3 is 6.09 Å². The highest BCUT2D eigenvalue weighted by molar-refractivity contribution is 6.28. The molecule has 0 unspecified atom stereocenters. The summed E-state index contributed by atoms with van der Waals surface area (Å²) in [6.45, 7) is 20.1. The van der Waals surface area contributed by atoms with Crippen LogP contribution >= 0.6 is 23.2 Å². The minimum absolute atomic E-state index is 0.0232. The molecule has 2 atom stereocenters. The van der Waals surface area contributed by atoms with Gasteiger partial charge in [0.15, 0.2) is 11.6 Å². The fraction of sp³-hybridized carbons (Fsp3) is 0.449. The van der Waals surface area contributed by atoms with Gasteiger partial charge in [0.1, 0.15) is 17.0 Å². The van der Waals surface area contributed by atoms with Crippen molar-refractivity contribution in [2.75, 3.05) is 13.1 Å². The fourth-order valence-corrected chi connectivity index (χ4v) is 8.31. The van der Waals surface area contributed by atoms with Crippen molar-refractivity contribution in [3.63, 3.8) is 0 Å². The maximum Gasteiger partial charge on any atom is 0.410 e. The highest BCUT2D eigenvalue weighted by atomic mass is 35.5. The molecule has 2 aromatic carbocycles. The lowest BCUT2D eigenvalue weighted by molar-refractivity contribution is 0.0234. The summed E-state index contributed by atoms with van der Waals surface area (Å²) < 4.78 is 9.10. The highest BCUT2D eigenvalue weighted by Gasteiger charge is 2.31. The molecule has 18 heteroatoms. The van der Waals surface area contributed by atoms with Gasteiger partial charge in [0, 0.05) is 56.0 Å². The molecule has 0 spiro atoms. The number of amides is 1. The summed E-state index contributed by atoms with van der Waals surface area (Å²) in [6, 6.07) is 15.9. The number of Topliss-reactive ketones (excluding diaryl/α,β-unsaturated/α-hetero) is 2. The lowest BCUT2D eigenvalue weighted by Crippen LogP contribution is -2.36. The van der Waals surface area contributed by atoms with Crippen LogP contribution in [0.15, 0.2) is 73.3 Å². The van der Waals surface area contributed by atoms with E-state index in [2.05, 4.69) is 58.0 Å². The molecule has 6 heterocycles. The van der Waals surface area contributed by atoms with Gasteiger partial charge in [-0.15, -0.1) is 10.2 Å². The Morgan fingerprint density at radius 2 is 1.18 bits per heavy atom. The number of benzene rings is 2. The van der Waals surface area contributed by atoms with E-state index >= 15 is 0 Å². The molecule has 4 aromatic heterocycles. The van der Waals surface area contributed by atoms with Crippen molar-refractivity contribution in [2.45, 2.75) is 130 Å². The summed E-state index contributed by atoms with van der Waals surface area (Å²) in [6.07, 6.45) is 8.52. The van der Waals surface area contributed by atoms with Crippen LogP contribution in [0, 0.1) is 0 Å². The molecule has 1 N–H and O–H groups in total. The van der Waals surface area contributed by atoms with E-state index in [1.165, 1.54) is 11.1 Å². The Labute approximate surface area is 401 Å². The van der Waals surface area contributed by atoms with Crippen LogP contribution in [0.1, 0.15) is 143 Å². The van der Waals surface area contributed by atoms with Crippen LogP contribution in [0.3, 0.4) is 0 Å². The molecule has 0 saturated heterocycles. The second-order valence-corrected chi connectivity index (χ2v) is 20.7. The number of rotatable bonds is 8. The van der Waals surface area contributed by atoms with Crippen molar-refractivity contribution in [3.05, 3.63) is 118 Å². The van der Waals surface area contributed by atoms with Crippen LogP contribution in [0.4, 0.5) is 4.79 Å². The number of aromatic nitrogens is 10. The van der Waals surface area contributed by atoms with Crippen LogP contribution in [-0.2, 0) is 28.9 Å². The van der Waals surface area contributed by atoms with Crippen LogP contribution < -0.4 is 5.32 Å². The molecule has 6 aromatic rings. The molecule has 16 nitrogen and oxygen atoms in total. The summed E-state index contributed by atoms with van der Waals surface area (Å²) in [5.41, 5.74) is 7.32. The predicted octanol–water partition coefficient (Wildman–Crippen LogP) is 9.63. The van der Waals surface area contributed by atoms with E-state index in [0.717, 1.165) is 47.5 Å². The van der Waals surface area contributed by atoms with Gasteiger partial charge in [0.2, 0.25) is 10.6 Å². The summed E-state index contributed by atoms with van der Waals surface area (Å²) in [5, 5.41) is 20.4. The largest absolute Gasteiger partial charge is 0.444 e. The topological polar surface area (TPSA) is 189 Å². The number of hydrogen-bond acceptors (Lipinski definition) is 13. The molecule has 8 rings (SSSR count). The average Bonchev–Trinajstić information content (AvgIpc) is 3.90. The molecule has 2 aliphatic heterocycles. The second kappa shape index (κ2) is 20.1. The van der Waals surface area contributed by atoms with Gasteiger partial charge in [-0.05, 0) is 163 Å². The maximum absolute atomic E-state index is 13.3. The number of nitrogens with zero attached hydrogens (tertiary/aromatic N) is 11.